The normalized spacial score (nSPS) is 10.7. The van der Waals surface area contributed by atoms with E-state index in [9.17, 15) is 4.79 Å². The second-order valence-corrected chi connectivity index (χ2v) is 7.24. The Hall–Kier alpha value is -3.14. The number of hydrogen-bond donors (Lipinski definition) is 0. The number of benzene rings is 2. The molecule has 0 atom stereocenters. The Morgan fingerprint density at radius 2 is 1.82 bits per heavy atom. The Morgan fingerprint density at radius 1 is 1.11 bits per heavy atom. The molecule has 1 aromatic heterocycles. The van der Waals surface area contributed by atoms with Crippen molar-refractivity contribution in [2.75, 3.05) is 6.54 Å². The number of rotatable bonds is 7. The summed E-state index contributed by atoms with van der Waals surface area (Å²) in [6.07, 6.45) is 5.52. The van der Waals surface area contributed by atoms with Gasteiger partial charge >= 0.3 is 0 Å². The lowest BCUT2D eigenvalue weighted by atomic mass is 10.1. The number of imidazole rings is 1. The average molecular weight is 374 g/mol. The number of aromatic nitrogens is 2. The zero-order valence-electron chi connectivity index (χ0n) is 16.9. The van der Waals surface area contributed by atoms with Gasteiger partial charge in [-0.3, -0.25) is 4.79 Å². The number of carbonyl (C=O) groups is 1. The molecule has 4 nitrogen and oxygen atoms in total. The first-order valence-electron chi connectivity index (χ1n) is 9.51. The van der Waals surface area contributed by atoms with Crippen LogP contribution in [0.2, 0.25) is 0 Å². The van der Waals surface area contributed by atoms with Gasteiger partial charge in [0, 0.05) is 31.0 Å². The number of nitrogens with zero attached hydrogens (tertiary/aromatic N) is 3. The van der Waals surface area contributed by atoms with Gasteiger partial charge < -0.3 is 9.47 Å². The van der Waals surface area contributed by atoms with E-state index in [1.54, 1.807) is 17.2 Å². The SMILES string of the molecule is C=CCN(Cc1nccn1Cc1cc(C)ccc1C)C(=O)c1ccc(C)cc1. The van der Waals surface area contributed by atoms with Crippen molar-refractivity contribution in [3.05, 3.63) is 101 Å². The third kappa shape index (κ3) is 4.58. The van der Waals surface area contributed by atoms with Crippen LogP contribution >= 0.6 is 0 Å². The van der Waals surface area contributed by atoms with Crippen molar-refractivity contribution >= 4 is 5.91 Å². The summed E-state index contributed by atoms with van der Waals surface area (Å²) in [4.78, 5) is 19.3. The summed E-state index contributed by atoms with van der Waals surface area (Å²) in [5, 5.41) is 0. The van der Waals surface area contributed by atoms with Crippen LogP contribution in [0.1, 0.15) is 38.4 Å². The van der Waals surface area contributed by atoms with Gasteiger partial charge in [0.15, 0.2) is 0 Å². The predicted molar refractivity (Wildman–Crippen MR) is 113 cm³/mol. The minimum atomic E-state index is -0.0128. The molecular weight excluding hydrogens is 346 g/mol. The van der Waals surface area contributed by atoms with E-state index in [0.717, 1.165) is 17.9 Å². The summed E-state index contributed by atoms with van der Waals surface area (Å²) >= 11 is 0. The summed E-state index contributed by atoms with van der Waals surface area (Å²) in [7, 11) is 0. The highest BCUT2D eigenvalue weighted by atomic mass is 16.2. The highest BCUT2D eigenvalue weighted by Crippen LogP contribution is 2.15. The summed E-state index contributed by atoms with van der Waals surface area (Å²) in [6, 6.07) is 14.1. The second-order valence-electron chi connectivity index (χ2n) is 7.24. The van der Waals surface area contributed by atoms with Crippen molar-refractivity contribution in [2.45, 2.75) is 33.9 Å². The van der Waals surface area contributed by atoms with Crippen molar-refractivity contribution in [1.82, 2.24) is 14.5 Å². The third-order valence-electron chi connectivity index (χ3n) is 4.91. The number of aryl methyl sites for hydroxylation is 3. The Bertz CT molecular complexity index is 970. The lowest BCUT2D eigenvalue weighted by Crippen LogP contribution is -2.32. The smallest absolute Gasteiger partial charge is 0.254 e. The maximum Gasteiger partial charge on any atom is 0.254 e. The molecule has 3 rings (SSSR count). The van der Waals surface area contributed by atoms with Gasteiger partial charge in [0.05, 0.1) is 6.54 Å². The molecule has 0 radical (unpaired) electrons. The highest BCUT2D eigenvalue weighted by molar-refractivity contribution is 5.94. The van der Waals surface area contributed by atoms with Gasteiger partial charge in [-0.1, -0.05) is 47.5 Å². The fourth-order valence-corrected chi connectivity index (χ4v) is 3.21. The molecule has 1 amide bonds. The van der Waals surface area contributed by atoms with Gasteiger partial charge in [0.25, 0.3) is 5.91 Å². The molecular formula is C24H27N3O. The van der Waals surface area contributed by atoms with Crippen molar-refractivity contribution in [3.8, 4) is 0 Å². The lowest BCUT2D eigenvalue weighted by molar-refractivity contribution is 0.0757. The van der Waals surface area contributed by atoms with E-state index in [-0.39, 0.29) is 5.91 Å². The number of amides is 1. The molecule has 0 N–H and O–H groups in total. The van der Waals surface area contributed by atoms with Crippen LogP contribution in [0, 0.1) is 20.8 Å². The maximum atomic E-state index is 13.0. The molecule has 0 fully saturated rings. The first-order chi connectivity index (χ1) is 13.5. The average Bonchev–Trinajstić information content (AvgIpc) is 3.11. The second kappa shape index (κ2) is 8.70. The highest BCUT2D eigenvalue weighted by Gasteiger charge is 2.17. The number of hydrogen-bond acceptors (Lipinski definition) is 2. The Balaban J connectivity index is 1.82. The van der Waals surface area contributed by atoms with Crippen molar-refractivity contribution in [3.63, 3.8) is 0 Å². The summed E-state index contributed by atoms with van der Waals surface area (Å²) < 4.78 is 2.11. The first kappa shape index (κ1) is 19.6. The lowest BCUT2D eigenvalue weighted by Gasteiger charge is -2.22. The van der Waals surface area contributed by atoms with Crippen LogP contribution in [-0.4, -0.2) is 26.9 Å². The number of carbonyl (C=O) groups excluding carboxylic acids is 1. The largest absolute Gasteiger partial charge is 0.329 e. The van der Waals surface area contributed by atoms with E-state index in [0.29, 0.717) is 18.7 Å². The van der Waals surface area contributed by atoms with E-state index in [1.165, 1.54) is 16.7 Å². The van der Waals surface area contributed by atoms with E-state index in [2.05, 4.69) is 48.2 Å². The van der Waals surface area contributed by atoms with E-state index < -0.39 is 0 Å². The molecule has 0 spiro atoms. The molecule has 0 saturated carbocycles. The molecule has 4 heteroatoms. The predicted octanol–water partition coefficient (Wildman–Crippen LogP) is 4.69. The van der Waals surface area contributed by atoms with Crippen LogP contribution < -0.4 is 0 Å². The molecule has 0 saturated heterocycles. The van der Waals surface area contributed by atoms with Crippen LogP contribution in [0.15, 0.2) is 67.5 Å². The van der Waals surface area contributed by atoms with E-state index >= 15 is 0 Å². The quantitative estimate of drug-likeness (QED) is 0.564. The minimum Gasteiger partial charge on any atom is -0.329 e. The Morgan fingerprint density at radius 3 is 2.54 bits per heavy atom. The van der Waals surface area contributed by atoms with E-state index in [1.807, 2.05) is 37.4 Å². The Kier molecular flexibility index (Phi) is 6.09. The third-order valence-corrected chi connectivity index (χ3v) is 4.91. The van der Waals surface area contributed by atoms with Crippen LogP contribution in [0.3, 0.4) is 0 Å². The molecule has 144 valence electrons. The zero-order chi connectivity index (χ0) is 20.1. The van der Waals surface area contributed by atoms with Gasteiger partial charge in [-0.15, -0.1) is 6.58 Å². The van der Waals surface area contributed by atoms with Crippen LogP contribution in [0.5, 0.6) is 0 Å². The monoisotopic (exact) mass is 373 g/mol. The topological polar surface area (TPSA) is 38.1 Å². The van der Waals surface area contributed by atoms with Gasteiger partial charge in [-0.2, -0.15) is 0 Å². The molecule has 28 heavy (non-hydrogen) atoms. The molecule has 0 bridgehead atoms. The van der Waals surface area contributed by atoms with Gasteiger partial charge in [0.2, 0.25) is 0 Å². The van der Waals surface area contributed by atoms with Gasteiger partial charge in [0.1, 0.15) is 5.82 Å². The van der Waals surface area contributed by atoms with Crippen LogP contribution in [0.25, 0.3) is 0 Å². The Labute approximate surface area is 167 Å². The molecule has 0 aliphatic carbocycles. The fourth-order valence-electron chi connectivity index (χ4n) is 3.21. The molecule has 3 aromatic rings. The molecule has 2 aromatic carbocycles. The molecule has 1 heterocycles. The minimum absolute atomic E-state index is 0.0128. The van der Waals surface area contributed by atoms with Crippen LogP contribution in [-0.2, 0) is 13.1 Å². The first-order valence-corrected chi connectivity index (χ1v) is 9.51. The molecule has 0 aliphatic rings. The zero-order valence-corrected chi connectivity index (χ0v) is 16.9. The van der Waals surface area contributed by atoms with E-state index in [4.69, 9.17) is 0 Å². The van der Waals surface area contributed by atoms with Gasteiger partial charge in [-0.05, 0) is 44.0 Å². The molecule has 0 unspecified atom stereocenters. The summed E-state index contributed by atoms with van der Waals surface area (Å²) in [5.41, 5.74) is 5.57. The van der Waals surface area contributed by atoms with Crippen molar-refractivity contribution < 1.29 is 4.79 Å². The summed E-state index contributed by atoms with van der Waals surface area (Å²) in [5.74, 6) is 0.851. The van der Waals surface area contributed by atoms with Crippen LogP contribution in [0.4, 0.5) is 0 Å². The fraction of sp³-hybridized carbons (Fsp3) is 0.250. The molecule has 0 aliphatic heterocycles. The van der Waals surface area contributed by atoms with Gasteiger partial charge in [-0.25, -0.2) is 4.98 Å². The standard InChI is InChI=1S/C24H27N3O/c1-5-13-27(24(28)21-10-7-18(2)8-11-21)17-23-25-12-14-26(23)16-22-15-19(3)6-9-20(22)4/h5-12,14-15H,1,13,16-17H2,2-4H3. The van der Waals surface area contributed by atoms with Crippen molar-refractivity contribution in [2.24, 2.45) is 0 Å². The summed E-state index contributed by atoms with van der Waals surface area (Å²) in [6.45, 7) is 11.7. The maximum absolute atomic E-state index is 13.0. The van der Waals surface area contributed by atoms with Crippen molar-refractivity contribution in [1.29, 1.82) is 0 Å².